The molecule has 1 aromatic rings. The van der Waals surface area contributed by atoms with E-state index >= 15 is 0 Å². The summed E-state index contributed by atoms with van der Waals surface area (Å²) in [6.07, 6.45) is 0.687. The van der Waals surface area contributed by atoms with Gasteiger partial charge >= 0.3 is 0 Å². The number of methoxy groups -OCH3 is 2. The van der Waals surface area contributed by atoms with E-state index in [-0.39, 0.29) is 0 Å². The first-order chi connectivity index (χ1) is 7.67. The fraction of sp³-hybridized carbons (Fsp3) is 0.500. The van der Waals surface area contributed by atoms with Gasteiger partial charge in [0.2, 0.25) is 0 Å². The summed E-state index contributed by atoms with van der Waals surface area (Å²) < 4.78 is 10.1. The Bertz CT molecular complexity index is 328. The molecule has 0 amide bonds. The van der Waals surface area contributed by atoms with Gasteiger partial charge in [0.1, 0.15) is 5.75 Å². The number of halogens is 1. The van der Waals surface area contributed by atoms with Gasteiger partial charge < -0.3 is 14.6 Å². The lowest BCUT2D eigenvalue weighted by atomic mass is 10.1. The molecule has 0 saturated carbocycles. The van der Waals surface area contributed by atoms with Gasteiger partial charge in [-0.05, 0) is 30.2 Å². The third-order valence-electron chi connectivity index (χ3n) is 2.35. The number of rotatable bonds is 6. The van der Waals surface area contributed by atoms with Gasteiger partial charge in [0, 0.05) is 25.2 Å². The van der Waals surface area contributed by atoms with Crippen LogP contribution in [-0.2, 0) is 11.2 Å². The Kier molecular flexibility index (Phi) is 5.60. The first-order valence-electron chi connectivity index (χ1n) is 5.16. The van der Waals surface area contributed by atoms with Crippen LogP contribution in [0.25, 0.3) is 0 Å². The second-order valence-electron chi connectivity index (χ2n) is 3.60. The highest BCUT2D eigenvalue weighted by molar-refractivity contribution is 6.30. The topological polar surface area (TPSA) is 38.7 Å². The van der Waals surface area contributed by atoms with Gasteiger partial charge in [0.25, 0.3) is 0 Å². The SMILES string of the molecule is COCCC(O)Cc1cc(Cl)ccc1OC. The normalized spacial score (nSPS) is 12.5. The first-order valence-corrected chi connectivity index (χ1v) is 5.54. The molecule has 0 saturated heterocycles. The molecule has 1 rings (SSSR count). The molecule has 1 N–H and O–H groups in total. The molecule has 1 unspecified atom stereocenters. The summed E-state index contributed by atoms with van der Waals surface area (Å²) >= 11 is 5.90. The van der Waals surface area contributed by atoms with Crippen LogP contribution in [0.1, 0.15) is 12.0 Å². The molecular weight excluding hydrogens is 228 g/mol. The van der Waals surface area contributed by atoms with Gasteiger partial charge in [-0.15, -0.1) is 0 Å². The smallest absolute Gasteiger partial charge is 0.122 e. The van der Waals surface area contributed by atoms with Crippen LogP contribution in [0, 0.1) is 0 Å². The number of ether oxygens (including phenoxy) is 2. The second-order valence-corrected chi connectivity index (χ2v) is 4.03. The average Bonchev–Trinajstić information content (AvgIpc) is 2.27. The van der Waals surface area contributed by atoms with Crippen molar-refractivity contribution in [3.63, 3.8) is 0 Å². The minimum atomic E-state index is -0.438. The molecule has 0 radical (unpaired) electrons. The molecule has 0 fully saturated rings. The second kappa shape index (κ2) is 6.74. The van der Waals surface area contributed by atoms with Gasteiger partial charge in [0.15, 0.2) is 0 Å². The summed E-state index contributed by atoms with van der Waals surface area (Å²) in [6.45, 7) is 0.546. The Morgan fingerprint density at radius 3 is 2.75 bits per heavy atom. The summed E-state index contributed by atoms with van der Waals surface area (Å²) in [7, 11) is 3.22. The van der Waals surface area contributed by atoms with E-state index in [0.29, 0.717) is 24.5 Å². The van der Waals surface area contributed by atoms with E-state index in [4.69, 9.17) is 21.1 Å². The van der Waals surface area contributed by atoms with E-state index in [1.807, 2.05) is 6.07 Å². The Morgan fingerprint density at radius 1 is 1.38 bits per heavy atom. The molecule has 0 aliphatic rings. The third kappa shape index (κ3) is 4.00. The maximum Gasteiger partial charge on any atom is 0.122 e. The van der Waals surface area contributed by atoms with Crippen molar-refractivity contribution in [2.24, 2.45) is 0 Å². The van der Waals surface area contributed by atoms with Crippen LogP contribution in [0.4, 0.5) is 0 Å². The molecular formula is C12H17ClO3. The fourth-order valence-corrected chi connectivity index (χ4v) is 1.71. The average molecular weight is 245 g/mol. The van der Waals surface area contributed by atoms with Crippen molar-refractivity contribution in [3.05, 3.63) is 28.8 Å². The zero-order chi connectivity index (χ0) is 12.0. The monoisotopic (exact) mass is 244 g/mol. The number of benzene rings is 1. The van der Waals surface area contributed by atoms with Gasteiger partial charge in [-0.1, -0.05) is 11.6 Å². The maximum absolute atomic E-state index is 9.77. The largest absolute Gasteiger partial charge is 0.496 e. The Balaban J connectivity index is 2.67. The van der Waals surface area contributed by atoms with Gasteiger partial charge in [-0.25, -0.2) is 0 Å². The lowest BCUT2D eigenvalue weighted by Gasteiger charge is -2.13. The molecule has 0 bridgehead atoms. The quantitative estimate of drug-likeness (QED) is 0.835. The van der Waals surface area contributed by atoms with Crippen LogP contribution in [0.15, 0.2) is 18.2 Å². The number of aliphatic hydroxyl groups is 1. The number of aliphatic hydroxyl groups excluding tert-OH is 1. The van der Waals surface area contributed by atoms with Crippen molar-refractivity contribution in [3.8, 4) is 5.75 Å². The van der Waals surface area contributed by atoms with Crippen molar-refractivity contribution in [1.29, 1.82) is 0 Å². The van der Waals surface area contributed by atoms with Crippen molar-refractivity contribution in [1.82, 2.24) is 0 Å². The van der Waals surface area contributed by atoms with E-state index in [9.17, 15) is 5.11 Å². The van der Waals surface area contributed by atoms with E-state index in [1.54, 1.807) is 26.4 Å². The van der Waals surface area contributed by atoms with E-state index in [0.717, 1.165) is 11.3 Å². The fourth-order valence-electron chi connectivity index (χ4n) is 1.52. The summed E-state index contributed by atoms with van der Waals surface area (Å²) in [4.78, 5) is 0. The van der Waals surface area contributed by atoms with E-state index < -0.39 is 6.10 Å². The van der Waals surface area contributed by atoms with Crippen molar-refractivity contribution in [2.75, 3.05) is 20.8 Å². The third-order valence-corrected chi connectivity index (χ3v) is 2.59. The first kappa shape index (κ1) is 13.3. The molecule has 0 aliphatic heterocycles. The Morgan fingerprint density at radius 2 is 2.12 bits per heavy atom. The molecule has 0 aromatic heterocycles. The standard InChI is InChI=1S/C12H17ClO3/c1-15-6-5-11(14)8-9-7-10(13)3-4-12(9)16-2/h3-4,7,11,14H,5-6,8H2,1-2H3. The molecule has 3 nitrogen and oxygen atoms in total. The maximum atomic E-state index is 9.77. The van der Waals surface area contributed by atoms with Crippen molar-refractivity contribution < 1.29 is 14.6 Å². The zero-order valence-electron chi connectivity index (χ0n) is 9.57. The Hall–Kier alpha value is -0.770. The van der Waals surface area contributed by atoms with Crippen molar-refractivity contribution >= 4 is 11.6 Å². The highest BCUT2D eigenvalue weighted by Crippen LogP contribution is 2.24. The van der Waals surface area contributed by atoms with Crippen LogP contribution < -0.4 is 4.74 Å². The summed E-state index contributed by atoms with van der Waals surface area (Å²) in [5, 5.41) is 10.4. The predicted molar refractivity (Wildman–Crippen MR) is 64.2 cm³/mol. The molecule has 0 spiro atoms. The molecule has 0 heterocycles. The van der Waals surface area contributed by atoms with E-state index in [2.05, 4.69) is 0 Å². The van der Waals surface area contributed by atoms with Crippen LogP contribution in [0.2, 0.25) is 5.02 Å². The lowest BCUT2D eigenvalue weighted by Crippen LogP contribution is -2.13. The minimum absolute atomic E-state index is 0.438. The Labute approximate surface area is 101 Å². The van der Waals surface area contributed by atoms with Gasteiger partial charge in [0.05, 0.1) is 13.2 Å². The zero-order valence-corrected chi connectivity index (χ0v) is 10.3. The highest BCUT2D eigenvalue weighted by atomic mass is 35.5. The van der Waals surface area contributed by atoms with Crippen molar-refractivity contribution in [2.45, 2.75) is 18.9 Å². The van der Waals surface area contributed by atoms with Crippen LogP contribution in [0.3, 0.4) is 0 Å². The van der Waals surface area contributed by atoms with Crippen LogP contribution in [0.5, 0.6) is 5.75 Å². The summed E-state index contributed by atoms with van der Waals surface area (Å²) in [6, 6.07) is 5.39. The lowest BCUT2D eigenvalue weighted by molar-refractivity contribution is 0.109. The van der Waals surface area contributed by atoms with Gasteiger partial charge in [-0.2, -0.15) is 0 Å². The van der Waals surface area contributed by atoms with Gasteiger partial charge in [-0.3, -0.25) is 0 Å². The molecule has 1 atom stereocenters. The highest BCUT2D eigenvalue weighted by Gasteiger charge is 2.10. The number of hydrogen-bond donors (Lipinski definition) is 1. The van der Waals surface area contributed by atoms with Crippen LogP contribution >= 0.6 is 11.6 Å². The summed E-state index contributed by atoms with van der Waals surface area (Å²) in [5.74, 6) is 0.751. The molecule has 16 heavy (non-hydrogen) atoms. The van der Waals surface area contributed by atoms with Crippen LogP contribution in [-0.4, -0.2) is 32.0 Å². The van der Waals surface area contributed by atoms with E-state index in [1.165, 1.54) is 0 Å². The molecule has 0 aliphatic carbocycles. The molecule has 4 heteroatoms. The predicted octanol–water partition coefficient (Wildman–Crippen LogP) is 2.29. The minimum Gasteiger partial charge on any atom is -0.496 e. The molecule has 90 valence electrons. The number of hydrogen-bond acceptors (Lipinski definition) is 3. The summed E-state index contributed by atoms with van der Waals surface area (Å²) in [5.41, 5.74) is 0.915. The molecule has 1 aromatic carbocycles.